The smallest absolute Gasteiger partial charge is 0.263 e. The fourth-order valence-corrected chi connectivity index (χ4v) is 2.48. The first-order valence-electron chi connectivity index (χ1n) is 5.69. The van der Waals surface area contributed by atoms with E-state index in [1.54, 1.807) is 12.1 Å². The maximum atomic E-state index is 12.2. The van der Waals surface area contributed by atoms with Gasteiger partial charge in [0.15, 0.2) is 5.82 Å². The van der Waals surface area contributed by atoms with Crippen molar-refractivity contribution in [3.63, 3.8) is 0 Å². The molecule has 0 fully saturated rings. The van der Waals surface area contributed by atoms with E-state index in [0.717, 1.165) is 0 Å². The second kappa shape index (κ2) is 6.14. The van der Waals surface area contributed by atoms with Crippen molar-refractivity contribution in [2.24, 2.45) is 5.73 Å². The number of benzene rings is 1. The SMILES string of the molecule is NCC#Cc1cccc(S(=O)(=O)Nc2cnccn2)c1. The van der Waals surface area contributed by atoms with Crippen LogP contribution in [0.2, 0.25) is 0 Å². The van der Waals surface area contributed by atoms with Gasteiger partial charge < -0.3 is 5.73 Å². The molecule has 7 heteroatoms. The van der Waals surface area contributed by atoms with Crippen LogP contribution in [-0.4, -0.2) is 24.9 Å². The minimum Gasteiger partial charge on any atom is -0.320 e. The Morgan fingerprint density at radius 3 is 2.85 bits per heavy atom. The molecule has 0 amide bonds. The highest BCUT2D eigenvalue weighted by atomic mass is 32.2. The van der Waals surface area contributed by atoms with E-state index >= 15 is 0 Å². The van der Waals surface area contributed by atoms with Gasteiger partial charge in [0.25, 0.3) is 10.0 Å². The number of hydrogen-bond acceptors (Lipinski definition) is 5. The number of nitrogens with one attached hydrogen (secondary N) is 1. The Morgan fingerprint density at radius 1 is 1.30 bits per heavy atom. The Kier molecular flexibility index (Phi) is 4.30. The molecule has 0 aliphatic heterocycles. The molecule has 6 nitrogen and oxygen atoms in total. The standard InChI is InChI=1S/C13H12N4O2S/c14-6-2-4-11-3-1-5-12(9-11)20(18,19)17-13-10-15-7-8-16-13/h1,3,5,7-10H,6,14H2,(H,16,17). The van der Waals surface area contributed by atoms with Gasteiger partial charge in [-0.25, -0.2) is 13.4 Å². The molecular weight excluding hydrogens is 276 g/mol. The van der Waals surface area contributed by atoms with E-state index in [4.69, 9.17) is 5.73 Å². The average molecular weight is 288 g/mol. The van der Waals surface area contributed by atoms with Crippen molar-refractivity contribution >= 4 is 15.8 Å². The fraction of sp³-hybridized carbons (Fsp3) is 0.0769. The molecule has 20 heavy (non-hydrogen) atoms. The molecule has 2 aromatic rings. The van der Waals surface area contributed by atoms with Crippen LogP contribution in [0.4, 0.5) is 5.82 Å². The van der Waals surface area contributed by atoms with Crippen molar-refractivity contribution in [1.29, 1.82) is 0 Å². The molecule has 3 N–H and O–H groups in total. The van der Waals surface area contributed by atoms with Crippen LogP contribution in [-0.2, 0) is 10.0 Å². The summed E-state index contributed by atoms with van der Waals surface area (Å²) in [6, 6.07) is 6.28. The van der Waals surface area contributed by atoms with Gasteiger partial charge >= 0.3 is 0 Å². The Bertz CT molecular complexity index is 749. The van der Waals surface area contributed by atoms with Crippen LogP contribution in [0, 0.1) is 11.8 Å². The van der Waals surface area contributed by atoms with Crippen LogP contribution in [0.1, 0.15) is 5.56 Å². The minimum absolute atomic E-state index is 0.104. The van der Waals surface area contributed by atoms with E-state index < -0.39 is 10.0 Å². The van der Waals surface area contributed by atoms with Crippen molar-refractivity contribution in [2.75, 3.05) is 11.3 Å². The van der Waals surface area contributed by atoms with Crippen LogP contribution in [0.5, 0.6) is 0 Å². The van der Waals surface area contributed by atoms with E-state index in [-0.39, 0.29) is 17.3 Å². The highest BCUT2D eigenvalue weighted by Gasteiger charge is 2.14. The number of hydrogen-bond donors (Lipinski definition) is 2. The summed E-state index contributed by atoms with van der Waals surface area (Å²) in [6.45, 7) is 0.217. The lowest BCUT2D eigenvalue weighted by molar-refractivity contribution is 0.601. The number of aromatic nitrogens is 2. The first kappa shape index (κ1) is 14.0. The molecule has 2 rings (SSSR count). The number of anilines is 1. The van der Waals surface area contributed by atoms with Crippen molar-refractivity contribution in [3.05, 3.63) is 48.4 Å². The molecule has 1 aromatic heterocycles. The van der Waals surface area contributed by atoms with Gasteiger partial charge in [0.05, 0.1) is 17.6 Å². The van der Waals surface area contributed by atoms with Gasteiger partial charge in [-0.3, -0.25) is 9.71 Å². The molecule has 1 heterocycles. The summed E-state index contributed by atoms with van der Waals surface area (Å²) in [4.78, 5) is 7.76. The highest BCUT2D eigenvalue weighted by molar-refractivity contribution is 7.92. The lowest BCUT2D eigenvalue weighted by Gasteiger charge is -2.06. The molecule has 102 valence electrons. The van der Waals surface area contributed by atoms with Gasteiger partial charge in [-0.2, -0.15) is 0 Å². The van der Waals surface area contributed by atoms with Crippen molar-refractivity contribution < 1.29 is 8.42 Å². The number of rotatable bonds is 3. The van der Waals surface area contributed by atoms with Crippen molar-refractivity contribution in [3.8, 4) is 11.8 Å². The lowest BCUT2D eigenvalue weighted by Crippen LogP contribution is -2.14. The third kappa shape index (κ3) is 3.54. The minimum atomic E-state index is -3.71. The molecule has 0 saturated heterocycles. The van der Waals surface area contributed by atoms with Crippen LogP contribution in [0.25, 0.3) is 0 Å². The fourth-order valence-electron chi connectivity index (χ4n) is 1.44. The second-order valence-electron chi connectivity index (χ2n) is 3.73. The maximum Gasteiger partial charge on any atom is 0.263 e. The average Bonchev–Trinajstić information content (AvgIpc) is 2.46. The maximum absolute atomic E-state index is 12.2. The normalized spacial score (nSPS) is 10.4. The molecule has 0 radical (unpaired) electrons. The summed E-state index contributed by atoms with van der Waals surface area (Å²) >= 11 is 0. The van der Waals surface area contributed by atoms with Crippen LogP contribution in [0.3, 0.4) is 0 Å². The van der Waals surface area contributed by atoms with E-state index in [9.17, 15) is 8.42 Å². The van der Waals surface area contributed by atoms with Gasteiger partial charge in [-0.15, -0.1) is 0 Å². The number of sulfonamides is 1. The predicted molar refractivity (Wildman–Crippen MR) is 75.2 cm³/mol. The number of nitrogens with zero attached hydrogens (tertiary/aromatic N) is 2. The highest BCUT2D eigenvalue weighted by Crippen LogP contribution is 2.14. The van der Waals surface area contributed by atoms with Gasteiger partial charge in [0.1, 0.15) is 0 Å². The Morgan fingerprint density at radius 2 is 2.15 bits per heavy atom. The quantitative estimate of drug-likeness (QED) is 0.805. The summed E-state index contributed by atoms with van der Waals surface area (Å²) in [5.41, 5.74) is 5.86. The van der Waals surface area contributed by atoms with Gasteiger partial charge in [-0.05, 0) is 18.2 Å². The molecule has 0 unspecified atom stereocenters. The van der Waals surface area contributed by atoms with E-state index in [1.807, 2.05) is 0 Å². The lowest BCUT2D eigenvalue weighted by atomic mass is 10.2. The topological polar surface area (TPSA) is 98.0 Å². The van der Waals surface area contributed by atoms with Crippen molar-refractivity contribution in [2.45, 2.75) is 4.90 Å². The third-order valence-corrected chi connectivity index (χ3v) is 3.63. The van der Waals surface area contributed by atoms with E-state index in [0.29, 0.717) is 5.56 Å². The Balaban J connectivity index is 2.30. The van der Waals surface area contributed by atoms with Gasteiger partial charge in [0.2, 0.25) is 0 Å². The molecule has 0 aliphatic carbocycles. The van der Waals surface area contributed by atoms with Crippen LogP contribution in [0.15, 0.2) is 47.8 Å². The summed E-state index contributed by atoms with van der Waals surface area (Å²) in [6.07, 6.45) is 4.19. The predicted octanol–water partition coefficient (Wildman–Crippen LogP) is 0.588. The molecule has 0 spiro atoms. The van der Waals surface area contributed by atoms with E-state index in [2.05, 4.69) is 26.5 Å². The third-order valence-electron chi connectivity index (χ3n) is 2.28. The van der Waals surface area contributed by atoms with Gasteiger partial charge in [-0.1, -0.05) is 17.9 Å². The zero-order chi connectivity index (χ0) is 14.4. The first-order chi connectivity index (χ1) is 9.62. The largest absolute Gasteiger partial charge is 0.320 e. The molecule has 0 aliphatic rings. The van der Waals surface area contributed by atoms with Crippen molar-refractivity contribution in [1.82, 2.24) is 9.97 Å². The first-order valence-corrected chi connectivity index (χ1v) is 7.18. The molecular formula is C13H12N4O2S. The van der Waals surface area contributed by atoms with Gasteiger partial charge in [0, 0.05) is 18.0 Å². The van der Waals surface area contributed by atoms with Crippen LogP contribution < -0.4 is 10.5 Å². The Hall–Kier alpha value is -2.43. The zero-order valence-electron chi connectivity index (χ0n) is 10.4. The molecule has 0 atom stereocenters. The summed E-state index contributed by atoms with van der Waals surface area (Å²) < 4.78 is 26.7. The monoisotopic (exact) mass is 288 g/mol. The zero-order valence-corrected chi connectivity index (χ0v) is 11.3. The summed E-state index contributed by atoms with van der Waals surface area (Å²) in [5.74, 6) is 5.62. The second-order valence-corrected chi connectivity index (χ2v) is 5.41. The van der Waals surface area contributed by atoms with Crippen LogP contribution >= 0.6 is 0 Å². The number of nitrogens with two attached hydrogens (primary N) is 1. The molecule has 0 saturated carbocycles. The summed E-state index contributed by atoms with van der Waals surface area (Å²) in [7, 11) is -3.71. The Labute approximate surface area is 117 Å². The van der Waals surface area contributed by atoms with E-state index in [1.165, 1.54) is 30.7 Å². The molecule has 0 bridgehead atoms. The summed E-state index contributed by atoms with van der Waals surface area (Å²) in [5, 5.41) is 0. The molecule has 1 aromatic carbocycles.